The maximum Gasteiger partial charge on any atom is 0.336 e. The SMILES string of the molecule is CCOC(=O)C1=C(COCCN2C(=O)c3ccccc3C2=O)NC2=C(C(=O)CC(C)(C)C2)C1C1=C(Cl)C(C)CC=C1. The Balaban J connectivity index is 1.45. The Labute approximate surface area is 245 Å². The van der Waals surface area contributed by atoms with Gasteiger partial charge in [0.2, 0.25) is 0 Å². The fourth-order valence-electron chi connectivity index (χ4n) is 6.10. The fourth-order valence-corrected chi connectivity index (χ4v) is 6.36. The zero-order chi connectivity index (χ0) is 29.5. The normalized spacial score (nSPS) is 23.6. The molecule has 0 aromatic heterocycles. The van der Waals surface area contributed by atoms with Crippen LogP contribution >= 0.6 is 11.6 Å². The number of imide groups is 1. The number of dihydropyridines is 1. The molecular weight excluding hydrogens is 544 g/mol. The van der Waals surface area contributed by atoms with Gasteiger partial charge in [0.15, 0.2) is 5.78 Å². The summed E-state index contributed by atoms with van der Waals surface area (Å²) in [5, 5.41) is 3.98. The largest absolute Gasteiger partial charge is 0.463 e. The van der Waals surface area contributed by atoms with Crippen LogP contribution in [0.15, 0.2) is 69.6 Å². The van der Waals surface area contributed by atoms with E-state index in [2.05, 4.69) is 5.32 Å². The lowest BCUT2D eigenvalue weighted by Gasteiger charge is -2.41. The summed E-state index contributed by atoms with van der Waals surface area (Å²) >= 11 is 6.86. The molecule has 0 radical (unpaired) electrons. The number of fused-ring (bicyclic) bond motifs is 1. The Hall–Kier alpha value is -3.49. The number of amides is 2. The number of nitrogens with zero attached hydrogens (tertiary/aromatic N) is 1. The number of allylic oxidation sites excluding steroid dienone is 6. The van der Waals surface area contributed by atoms with E-state index >= 15 is 0 Å². The fraction of sp³-hybridized carbons (Fsp3) is 0.438. The van der Waals surface area contributed by atoms with Gasteiger partial charge in [-0.05, 0) is 48.8 Å². The van der Waals surface area contributed by atoms with E-state index in [4.69, 9.17) is 21.1 Å². The summed E-state index contributed by atoms with van der Waals surface area (Å²) < 4.78 is 11.5. The van der Waals surface area contributed by atoms with Crippen molar-refractivity contribution in [1.82, 2.24) is 10.2 Å². The van der Waals surface area contributed by atoms with Crippen LogP contribution in [-0.4, -0.2) is 54.8 Å². The molecule has 2 aliphatic carbocycles. The number of rotatable bonds is 8. The number of Topliss-reactive ketones (excluding diaryl/α,β-unsaturated/α-hetero) is 1. The number of carbonyl (C=O) groups is 4. The van der Waals surface area contributed by atoms with Gasteiger partial charge in [-0.1, -0.05) is 56.7 Å². The molecule has 0 fully saturated rings. The first kappa shape index (κ1) is 29.0. The van der Waals surface area contributed by atoms with Crippen molar-refractivity contribution in [2.24, 2.45) is 17.3 Å². The average molecular weight is 579 g/mol. The van der Waals surface area contributed by atoms with Gasteiger partial charge < -0.3 is 14.8 Å². The third kappa shape index (κ3) is 5.43. The van der Waals surface area contributed by atoms with Crippen molar-refractivity contribution in [3.63, 3.8) is 0 Å². The molecule has 1 aromatic rings. The lowest BCUT2D eigenvalue weighted by atomic mass is 9.67. The minimum atomic E-state index is -0.685. The predicted molar refractivity (Wildman–Crippen MR) is 154 cm³/mol. The molecule has 2 amide bonds. The summed E-state index contributed by atoms with van der Waals surface area (Å²) in [7, 11) is 0. The second-order valence-corrected chi connectivity index (χ2v) is 12.1. The number of nitrogens with one attached hydrogen (secondary N) is 1. The number of carbonyl (C=O) groups excluding carboxylic acids is 4. The van der Waals surface area contributed by atoms with E-state index in [9.17, 15) is 19.2 Å². The first-order valence-electron chi connectivity index (χ1n) is 14.1. The highest BCUT2D eigenvalue weighted by Crippen LogP contribution is 2.48. The van der Waals surface area contributed by atoms with E-state index in [0.717, 1.165) is 17.7 Å². The Kier molecular flexibility index (Phi) is 8.08. The second kappa shape index (κ2) is 11.4. The Bertz CT molecular complexity index is 1410. The van der Waals surface area contributed by atoms with Crippen LogP contribution < -0.4 is 5.32 Å². The van der Waals surface area contributed by atoms with E-state index < -0.39 is 11.9 Å². The van der Waals surface area contributed by atoms with Gasteiger partial charge in [0.1, 0.15) is 0 Å². The average Bonchev–Trinajstić information content (AvgIpc) is 3.16. The number of ketones is 1. The van der Waals surface area contributed by atoms with Crippen LogP contribution in [0.3, 0.4) is 0 Å². The van der Waals surface area contributed by atoms with Crippen molar-refractivity contribution in [3.05, 3.63) is 80.7 Å². The van der Waals surface area contributed by atoms with Gasteiger partial charge in [0.25, 0.3) is 11.8 Å². The molecule has 1 N–H and O–H groups in total. The van der Waals surface area contributed by atoms with Crippen molar-refractivity contribution < 1.29 is 28.7 Å². The number of hydrogen-bond donors (Lipinski definition) is 1. The first-order chi connectivity index (χ1) is 19.5. The van der Waals surface area contributed by atoms with Gasteiger partial charge in [-0.25, -0.2) is 4.79 Å². The van der Waals surface area contributed by atoms with Crippen LogP contribution in [0.2, 0.25) is 0 Å². The molecule has 0 saturated heterocycles. The van der Waals surface area contributed by atoms with Crippen LogP contribution in [0.4, 0.5) is 0 Å². The molecule has 9 heteroatoms. The number of halogens is 1. The standard InChI is InChI=1S/C32H35ClN2O6/c1-5-41-31(39)27-23(17-40-14-13-35-29(37)19-10-6-7-11-20(19)30(35)38)34-22-15-32(3,4)16-24(36)26(22)25(27)21-12-8-9-18(2)28(21)33/h6-8,10-12,18,25,34H,5,9,13-17H2,1-4H3. The molecule has 1 aromatic carbocycles. The third-order valence-corrected chi connectivity index (χ3v) is 8.60. The number of benzene rings is 1. The molecule has 0 saturated carbocycles. The summed E-state index contributed by atoms with van der Waals surface area (Å²) in [5.41, 5.74) is 3.31. The van der Waals surface area contributed by atoms with Crippen LogP contribution in [-0.2, 0) is 19.1 Å². The highest BCUT2D eigenvalue weighted by Gasteiger charge is 2.45. The Morgan fingerprint density at radius 1 is 1.12 bits per heavy atom. The van der Waals surface area contributed by atoms with Crippen LogP contribution in [0.1, 0.15) is 67.7 Å². The molecule has 4 aliphatic rings. The summed E-state index contributed by atoms with van der Waals surface area (Å²) in [5.74, 6) is -1.91. The molecule has 2 heterocycles. The second-order valence-electron chi connectivity index (χ2n) is 11.7. The highest BCUT2D eigenvalue weighted by atomic mass is 35.5. The minimum absolute atomic E-state index is 0.0105. The highest BCUT2D eigenvalue weighted by molar-refractivity contribution is 6.30. The van der Waals surface area contributed by atoms with E-state index in [1.165, 1.54) is 4.90 Å². The summed E-state index contributed by atoms with van der Waals surface area (Å²) in [6, 6.07) is 6.72. The van der Waals surface area contributed by atoms with Crippen molar-refractivity contribution in [1.29, 1.82) is 0 Å². The van der Waals surface area contributed by atoms with Gasteiger partial charge in [0.05, 0.1) is 48.8 Å². The predicted octanol–water partition coefficient (Wildman–Crippen LogP) is 5.07. The number of esters is 1. The maximum atomic E-state index is 13.6. The zero-order valence-electron chi connectivity index (χ0n) is 23.8. The zero-order valence-corrected chi connectivity index (χ0v) is 24.6. The van der Waals surface area contributed by atoms with Gasteiger partial charge in [-0.15, -0.1) is 0 Å². The third-order valence-electron chi connectivity index (χ3n) is 8.01. The topological polar surface area (TPSA) is 102 Å². The molecule has 2 aliphatic heterocycles. The van der Waals surface area contributed by atoms with Crippen molar-refractivity contribution in [2.75, 3.05) is 26.4 Å². The quantitative estimate of drug-likeness (QED) is 0.261. The molecule has 5 rings (SSSR count). The summed E-state index contributed by atoms with van der Waals surface area (Å²) in [4.78, 5) is 53.8. The van der Waals surface area contributed by atoms with Crippen LogP contribution in [0.5, 0.6) is 0 Å². The summed E-state index contributed by atoms with van der Waals surface area (Å²) in [6.45, 7) is 8.12. The Morgan fingerprint density at radius 2 is 1.80 bits per heavy atom. The lowest BCUT2D eigenvalue weighted by Crippen LogP contribution is -2.42. The Morgan fingerprint density at radius 3 is 2.46 bits per heavy atom. The van der Waals surface area contributed by atoms with Crippen molar-refractivity contribution >= 4 is 35.2 Å². The van der Waals surface area contributed by atoms with Gasteiger partial charge in [0, 0.05) is 28.6 Å². The van der Waals surface area contributed by atoms with Crippen molar-refractivity contribution in [2.45, 2.75) is 47.0 Å². The minimum Gasteiger partial charge on any atom is -0.463 e. The summed E-state index contributed by atoms with van der Waals surface area (Å²) in [6.07, 6.45) is 5.68. The molecule has 216 valence electrons. The molecule has 2 atom stereocenters. The number of hydrogen-bond acceptors (Lipinski definition) is 7. The molecule has 8 nitrogen and oxygen atoms in total. The number of ether oxygens (including phenoxy) is 2. The van der Waals surface area contributed by atoms with Gasteiger partial charge in [-0.2, -0.15) is 0 Å². The van der Waals surface area contributed by atoms with E-state index in [0.29, 0.717) is 45.8 Å². The van der Waals surface area contributed by atoms with Crippen LogP contribution in [0.25, 0.3) is 0 Å². The molecule has 0 spiro atoms. The van der Waals surface area contributed by atoms with E-state index in [-0.39, 0.29) is 55.3 Å². The van der Waals surface area contributed by atoms with Crippen LogP contribution in [0, 0.1) is 17.3 Å². The first-order valence-corrected chi connectivity index (χ1v) is 14.4. The lowest BCUT2D eigenvalue weighted by molar-refractivity contribution is -0.139. The van der Waals surface area contributed by atoms with Gasteiger partial charge in [-0.3, -0.25) is 19.3 Å². The molecule has 41 heavy (non-hydrogen) atoms. The van der Waals surface area contributed by atoms with E-state index in [1.807, 2.05) is 32.9 Å². The maximum absolute atomic E-state index is 13.6. The molecule has 0 bridgehead atoms. The monoisotopic (exact) mass is 578 g/mol. The smallest absolute Gasteiger partial charge is 0.336 e. The molecular formula is C32H35ClN2O6. The van der Waals surface area contributed by atoms with Gasteiger partial charge >= 0.3 is 5.97 Å². The van der Waals surface area contributed by atoms with E-state index in [1.54, 1.807) is 31.2 Å². The molecule has 2 unspecified atom stereocenters. The van der Waals surface area contributed by atoms with Crippen molar-refractivity contribution in [3.8, 4) is 0 Å².